The van der Waals surface area contributed by atoms with Crippen LogP contribution in [0.25, 0.3) is 0 Å². The lowest BCUT2D eigenvalue weighted by Crippen LogP contribution is -2.37. The van der Waals surface area contributed by atoms with Crippen molar-refractivity contribution in [3.8, 4) is 0 Å². The SMILES string of the molecule is CN(CCc1ccncc1)C(=N)C(C)(C)C. The summed E-state index contributed by atoms with van der Waals surface area (Å²) in [6, 6.07) is 4.04. The van der Waals surface area contributed by atoms with Crippen LogP contribution in [0, 0.1) is 10.8 Å². The number of likely N-dealkylation sites (N-methyl/N-ethyl adjacent to an activating group) is 1. The summed E-state index contributed by atoms with van der Waals surface area (Å²) in [6.45, 7) is 7.08. The van der Waals surface area contributed by atoms with Gasteiger partial charge in [0, 0.05) is 31.4 Å². The first-order valence-electron chi connectivity index (χ1n) is 5.60. The van der Waals surface area contributed by atoms with Crippen molar-refractivity contribution >= 4 is 5.84 Å². The molecule has 1 heterocycles. The van der Waals surface area contributed by atoms with Crippen LogP contribution in [-0.2, 0) is 6.42 Å². The zero-order chi connectivity index (χ0) is 12.2. The largest absolute Gasteiger partial charge is 0.363 e. The number of pyridine rings is 1. The van der Waals surface area contributed by atoms with E-state index in [1.54, 1.807) is 0 Å². The van der Waals surface area contributed by atoms with Crippen LogP contribution < -0.4 is 0 Å². The first kappa shape index (κ1) is 12.7. The molecular formula is C13H21N3. The number of aromatic nitrogens is 1. The second-order valence-electron chi connectivity index (χ2n) is 5.13. The van der Waals surface area contributed by atoms with E-state index in [1.165, 1.54) is 5.56 Å². The third-order valence-corrected chi connectivity index (χ3v) is 2.58. The number of rotatable bonds is 3. The molecule has 0 unspecified atom stereocenters. The molecule has 0 aromatic carbocycles. The third kappa shape index (κ3) is 3.65. The van der Waals surface area contributed by atoms with Gasteiger partial charge in [-0.15, -0.1) is 0 Å². The van der Waals surface area contributed by atoms with Gasteiger partial charge in [-0.05, 0) is 24.1 Å². The highest BCUT2D eigenvalue weighted by molar-refractivity contribution is 5.83. The Bertz CT molecular complexity index is 338. The number of hydrogen-bond donors (Lipinski definition) is 1. The van der Waals surface area contributed by atoms with E-state index in [9.17, 15) is 0 Å². The summed E-state index contributed by atoms with van der Waals surface area (Å²) in [4.78, 5) is 6.01. The van der Waals surface area contributed by atoms with Crippen molar-refractivity contribution < 1.29 is 0 Å². The van der Waals surface area contributed by atoms with E-state index in [1.807, 2.05) is 36.5 Å². The average molecular weight is 219 g/mol. The van der Waals surface area contributed by atoms with Gasteiger partial charge >= 0.3 is 0 Å². The maximum atomic E-state index is 8.03. The lowest BCUT2D eigenvalue weighted by molar-refractivity contribution is 0.425. The maximum Gasteiger partial charge on any atom is 0.101 e. The Hall–Kier alpha value is -1.38. The van der Waals surface area contributed by atoms with E-state index in [4.69, 9.17) is 5.41 Å². The second kappa shape index (κ2) is 5.10. The van der Waals surface area contributed by atoms with Gasteiger partial charge in [0.25, 0.3) is 0 Å². The summed E-state index contributed by atoms with van der Waals surface area (Å²) in [6.07, 6.45) is 4.58. The van der Waals surface area contributed by atoms with E-state index < -0.39 is 0 Å². The third-order valence-electron chi connectivity index (χ3n) is 2.58. The van der Waals surface area contributed by atoms with E-state index >= 15 is 0 Å². The Morgan fingerprint density at radius 2 is 1.88 bits per heavy atom. The second-order valence-corrected chi connectivity index (χ2v) is 5.13. The molecule has 1 aromatic heterocycles. The molecule has 1 aromatic rings. The zero-order valence-electron chi connectivity index (χ0n) is 10.6. The standard InChI is InChI=1S/C13H21N3/c1-13(2,3)12(14)16(4)10-7-11-5-8-15-9-6-11/h5-6,8-9,14H,7,10H2,1-4H3. The fourth-order valence-corrected chi connectivity index (χ4v) is 1.53. The van der Waals surface area contributed by atoms with Crippen molar-refractivity contribution in [2.75, 3.05) is 13.6 Å². The molecule has 0 atom stereocenters. The molecule has 1 rings (SSSR count). The molecule has 16 heavy (non-hydrogen) atoms. The van der Waals surface area contributed by atoms with Crippen LogP contribution in [-0.4, -0.2) is 29.3 Å². The van der Waals surface area contributed by atoms with Crippen molar-refractivity contribution in [3.63, 3.8) is 0 Å². The summed E-state index contributed by atoms with van der Waals surface area (Å²) in [5, 5.41) is 8.03. The zero-order valence-corrected chi connectivity index (χ0v) is 10.6. The minimum atomic E-state index is -0.0764. The lowest BCUT2D eigenvalue weighted by Gasteiger charge is -2.29. The fourth-order valence-electron chi connectivity index (χ4n) is 1.53. The fraction of sp³-hybridized carbons (Fsp3) is 0.538. The van der Waals surface area contributed by atoms with E-state index in [2.05, 4.69) is 25.8 Å². The minimum Gasteiger partial charge on any atom is -0.363 e. The highest BCUT2D eigenvalue weighted by atomic mass is 15.1. The Morgan fingerprint density at radius 3 is 2.38 bits per heavy atom. The van der Waals surface area contributed by atoms with Crippen molar-refractivity contribution in [1.29, 1.82) is 5.41 Å². The van der Waals surface area contributed by atoms with Crippen LogP contribution >= 0.6 is 0 Å². The van der Waals surface area contributed by atoms with E-state index in [0.29, 0.717) is 5.84 Å². The molecular weight excluding hydrogens is 198 g/mol. The molecule has 3 heteroatoms. The van der Waals surface area contributed by atoms with Crippen LogP contribution in [0.15, 0.2) is 24.5 Å². The number of nitrogens with zero attached hydrogens (tertiary/aromatic N) is 2. The molecule has 0 aliphatic rings. The Labute approximate surface area is 98.0 Å². The predicted molar refractivity (Wildman–Crippen MR) is 67.8 cm³/mol. The number of hydrogen-bond acceptors (Lipinski definition) is 2. The van der Waals surface area contributed by atoms with Gasteiger partial charge in [0.2, 0.25) is 0 Å². The van der Waals surface area contributed by atoms with Gasteiger partial charge < -0.3 is 4.90 Å². The summed E-state index contributed by atoms with van der Waals surface area (Å²) in [7, 11) is 1.98. The van der Waals surface area contributed by atoms with Gasteiger partial charge in [0.15, 0.2) is 0 Å². The van der Waals surface area contributed by atoms with Crippen LogP contribution in [0.3, 0.4) is 0 Å². The van der Waals surface area contributed by atoms with Gasteiger partial charge in [0.05, 0.1) is 0 Å². The maximum absolute atomic E-state index is 8.03. The molecule has 3 nitrogen and oxygen atoms in total. The molecule has 0 aliphatic carbocycles. The summed E-state index contributed by atoms with van der Waals surface area (Å²) >= 11 is 0. The van der Waals surface area contributed by atoms with Crippen LogP contribution in [0.5, 0.6) is 0 Å². The lowest BCUT2D eigenvalue weighted by atomic mass is 9.94. The first-order chi connectivity index (χ1) is 7.41. The van der Waals surface area contributed by atoms with Crippen LogP contribution in [0.2, 0.25) is 0 Å². The highest BCUT2D eigenvalue weighted by Gasteiger charge is 2.20. The Morgan fingerprint density at radius 1 is 1.31 bits per heavy atom. The molecule has 0 fully saturated rings. The summed E-state index contributed by atoms with van der Waals surface area (Å²) in [5.74, 6) is 0.682. The molecule has 0 radical (unpaired) electrons. The predicted octanol–water partition coefficient (Wildman–Crippen LogP) is 2.58. The van der Waals surface area contributed by atoms with Gasteiger partial charge in [-0.3, -0.25) is 10.4 Å². The quantitative estimate of drug-likeness (QED) is 0.627. The molecule has 0 aliphatic heterocycles. The van der Waals surface area contributed by atoms with Crippen LogP contribution in [0.4, 0.5) is 0 Å². The van der Waals surface area contributed by atoms with Crippen molar-refractivity contribution in [2.45, 2.75) is 27.2 Å². The molecule has 0 saturated carbocycles. The van der Waals surface area contributed by atoms with Crippen molar-refractivity contribution in [3.05, 3.63) is 30.1 Å². The molecule has 1 N–H and O–H groups in total. The molecule has 0 amide bonds. The number of nitrogens with one attached hydrogen (secondary N) is 1. The molecule has 88 valence electrons. The Balaban J connectivity index is 2.48. The minimum absolute atomic E-state index is 0.0764. The highest BCUT2D eigenvalue weighted by Crippen LogP contribution is 2.16. The summed E-state index contributed by atoms with van der Waals surface area (Å²) in [5.41, 5.74) is 1.19. The number of amidine groups is 1. The average Bonchev–Trinajstić information content (AvgIpc) is 2.25. The smallest absolute Gasteiger partial charge is 0.101 e. The van der Waals surface area contributed by atoms with Crippen LogP contribution in [0.1, 0.15) is 26.3 Å². The van der Waals surface area contributed by atoms with E-state index in [0.717, 1.165) is 13.0 Å². The van der Waals surface area contributed by atoms with Gasteiger partial charge in [-0.1, -0.05) is 20.8 Å². The van der Waals surface area contributed by atoms with Gasteiger partial charge in [-0.25, -0.2) is 0 Å². The topological polar surface area (TPSA) is 40.0 Å². The van der Waals surface area contributed by atoms with Crippen molar-refractivity contribution in [2.24, 2.45) is 5.41 Å². The van der Waals surface area contributed by atoms with E-state index in [-0.39, 0.29) is 5.41 Å². The molecule has 0 saturated heterocycles. The van der Waals surface area contributed by atoms with Gasteiger partial charge in [-0.2, -0.15) is 0 Å². The normalized spacial score (nSPS) is 11.2. The first-order valence-corrected chi connectivity index (χ1v) is 5.60. The Kier molecular flexibility index (Phi) is 4.05. The van der Waals surface area contributed by atoms with Gasteiger partial charge in [0.1, 0.15) is 5.84 Å². The summed E-state index contributed by atoms with van der Waals surface area (Å²) < 4.78 is 0. The molecule has 0 bridgehead atoms. The molecule has 0 spiro atoms. The monoisotopic (exact) mass is 219 g/mol. The van der Waals surface area contributed by atoms with Crippen molar-refractivity contribution in [1.82, 2.24) is 9.88 Å².